The minimum Gasteiger partial charge on any atom is -0.351 e. The standard InChI is InChI=1S/C11H15N5O2S2/c1-7-6-20(17,18)5-3-16(7)9-8-2-4-19-10(8)14-11(13-9)15-12/h2,4,7H,3,5-6,12H2,1H3,(H,13,14,15). The lowest BCUT2D eigenvalue weighted by atomic mass is 10.2. The average molecular weight is 313 g/mol. The maximum atomic E-state index is 11.7. The third-order valence-corrected chi connectivity index (χ3v) is 5.98. The highest BCUT2D eigenvalue weighted by atomic mass is 32.2. The highest BCUT2D eigenvalue weighted by molar-refractivity contribution is 7.91. The smallest absolute Gasteiger partial charge is 0.240 e. The van der Waals surface area contributed by atoms with Gasteiger partial charge in [0.25, 0.3) is 0 Å². The molecule has 0 amide bonds. The van der Waals surface area contributed by atoms with Crippen LogP contribution in [0.25, 0.3) is 10.2 Å². The van der Waals surface area contributed by atoms with Crippen LogP contribution in [0.1, 0.15) is 6.92 Å². The molecule has 0 bridgehead atoms. The predicted molar refractivity (Wildman–Crippen MR) is 80.7 cm³/mol. The number of hydrogen-bond acceptors (Lipinski definition) is 8. The molecule has 1 atom stereocenters. The molecule has 1 saturated heterocycles. The first-order valence-electron chi connectivity index (χ1n) is 6.19. The second kappa shape index (κ2) is 4.83. The number of aromatic nitrogens is 2. The molecule has 1 unspecified atom stereocenters. The topological polar surface area (TPSA) is 101 Å². The van der Waals surface area contributed by atoms with Crippen LogP contribution in [0.2, 0.25) is 0 Å². The van der Waals surface area contributed by atoms with Crippen molar-refractivity contribution in [2.24, 2.45) is 5.84 Å². The Kier molecular flexibility index (Phi) is 3.27. The lowest BCUT2D eigenvalue weighted by Gasteiger charge is -2.34. The van der Waals surface area contributed by atoms with Gasteiger partial charge < -0.3 is 4.90 Å². The van der Waals surface area contributed by atoms with Gasteiger partial charge in [-0.05, 0) is 18.4 Å². The van der Waals surface area contributed by atoms with Crippen molar-refractivity contribution >= 4 is 43.2 Å². The Morgan fingerprint density at radius 2 is 2.30 bits per heavy atom. The molecule has 3 N–H and O–H groups in total. The van der Waals surface area contributed by atoms with Crippen LogP contribution < -0.4 is 16.2 Å². The van der Waals surface area contributed by atoms with Crippen molar-refractivity contribution in [3.05, 3.63) is 11.4 Å². The molecule has 1 aliphatic rings. The van der Waals surface area contributed by atoms with E-state index >= 15 is 0 Å². The van der Waals surface area contributed by atoms with Gasteiger partial charge in [-0.15, -0.1) is 11.3 Å². The maximum Gasteiger partial charge on any atom is 0.240 e. The summed E-state index contributed by atoms with van der Waals surface area (Å²) in [5.41, 5.74) is 2.46. The van der Waals surface area contributed by atoms with Gasteiger partial charge in [0.05, 0.1) is 16.9 Å². The highest BCUT2D eigenvalue weighted by Crippen LogP contribution is 2.31. The average Bonchev–Trinajstić information content (AvgIpc) is 2.85. The van der Waals surface area contributed by atoms with Crippen molar-refractivity contribution in [3.63, 3.8) is 0 Å². The summed E-state index contributed by atoms with van der Waals surface area (Å²) in [5.74, 6) is 6.78. The number of hydrazine groups is 1. The van der Waals surface area contributed by atoms with Crippen molar-refractivity contribution < 1.29 is 8.42 Å². The molecule has 0 saturated carbocycles. The minimum atomic E-state index is -2.95. The van der Waals surface area contributed by atoms with Gasteiger partial charge in [-0.25, -0.2) is 19.2 Å². The number of thiophene rings is 1. The molecular weight excluding hydrogens is 298 g/mol. The molecule has 1 fully saturated rings. The largest absolute Gasteiger partial charge is 0.351 e. The highest BCUT2D eigenvalue weighted by Gasteiger charge is 2.30. The zero-order valence-electron chi connectivity index (χ0n) is 10.9. The number of anilines is 2. The normalized spacial score (nSPS) is 22.1. The fourth-order valence-electron chi connectivity index (χ4n) is 2.44. The van der Waals surface area contributed by atoms with Crippen LogP contribution >= 0.6 is 11.3 Å². The van der Waals surface area contributed by atoms with Crippen molar-refractivity contribution in [1.29, 1.82) is 0 Å². The molecule has 7 nitrogen and oxygen atoms in total. The summed E-state index contributed by atoms with van der Waals surface area (Å²) in [4.78, 5) is 11.5. The van der Waals surface area contributed by atoms with Gasteiger partial charge >= 0.3 is 0 Å². The molecule has 9 heteroatoms. The maximum absolute atomic E-state index is 11.7. The van der Waals surface area contributed by atoms with Crippen molar-refractivity contribution in [2.45, 2.75) is 13.0 Å². The van der Waals surface area contributed by atoms with Crippen LogP contribution in [0.4, 0.5) is 11.8 Å². The third kappa shape index (κ3) is 2.32. The van der Waals surface area contributed by atoms with E-state index in [1.165, 1.54) is 11.3 Å². The molecule has 2 aromatic rings. The number of nitrogens with zero attached hydrogens (tertiary/aromatic N) is 3. The lowest BCUT2D eigenvalue weighted by Crippen LogP contribution is -2.47. The van der Waals surface area contributed by atoms with E-state index in [0.717, 1.165) is 16.0 Å². The van der Waals surface area contributed by atoms with E-state index in [4.69, 9.17) is 5.84 Å². The SMILES string of the molecule is CC1CS(=O)(=O)CCN1c1nc(NN)nc2sccc12. The molecule has 0 radical (unpaired) electrons. The monoisotopic (exact) mass is 313 g/mol. The molecule has 3 rings (SSSR count). The Labute approximate surface area is 120 Å². The van der Waals surface area contributed by atoms with E-state index in [2.05, 4.69) is 15.4 Å². The van der Waals surface area contributed by atoms with Gasteiger partial charge in [-0.1, -0.05) is 0 Å². The van der Waals surface area contributed by atoms with Gasteiger partial charge in [0, 0.05) is 12.6 Å². The zero-order valence-corrected chi connectivity index (χ0v) is 12.5. The lowest BCUT2D eigenvalue weighted by molar-refractivity contribution is 0.567. The minimum absolute atomic E-state index is 0.114. The van der Waals surface area contributed by atoms with E-state index in [-0.39, 0.29) is 17.5 Å². The summed E-state index contributed by atoms with van der Waals surface area (Å²) in [6.07, 6.45) is 0. The Morgan fingerprint density at radius 1 is 1.50 bits per heavy atom. The predicted octanol–water partition coefficient (Wildman–Crippen LogP) is 0.600. The molecular formula is C11H15N5O2S2. The quantitative estimate of drug-likeness (QED) is 0.618. The van der Waals surface area contributed by atoms with Crippen molar-refractivity contribution in [3.8, 4) is 0 Å². The van der Waals surface area contributed by atoms with Gasteiger partial charge in [0.2, 0.25) is 5.95 Å². The number of nitrogens with two attached hydrogens (primary N) is 1. The fourth-order valence-corrected chi connectivity index (χ4v) is 4.75. The van der Waals surface area contributed by atoms with E-state index in [1.807, 2.05) is 23.3 Å². The molecule has 0 aliphatic carbocycles. The van der Waals surface area contributed by atoms with Crippen LogP contribution in [-0.4, -0.2) is 42.5 Å². The van der Waals surface area contributed by atoms with Crippen LogP contribution in [0, 0.1) is 0 Å². The summed E-state index contributed by atoms with van der Waals surface area (Å²) >= 11 is 1.50. The molecule has 0 spiro atoms. The number of sulfone groups is 1. The summed E-state index contributed by atoms with van der Waals surface area (Å²) in [7, 11) is -2.95. The Morgan fingerprint density at radius 3 is 3.00 bits per heavy atom. The third-order valence-electron chi connectivity index (χ3n) is 3.38. The van der Waals surface area contributed by atoms with Gasteiger partial charge in [-0.2, -0.15) is 4.98 Å². The summed E-state index contributed by atoms with van der Waals surface area (Å²) in [6.45, 7) is 2.34. The van der Waals surface area contributed by atoms with Crippen LogP contribution in [-0.2, 0) is 9.84 Å². The number of hydrogen-bond donors (Lipinski definition) is 2. The van der Waals surface area contributed by atoms with Crippen molar-refractivity contribution in [1.82, 2.24) is 9.97 Å². The zero-order chi connectivity index (χ0) is 14.3. The summed E-state index contributed by atoms with van der Waals surface area (Å²) in [6, 6.07) is 1.84. The van der Waals surface area contributed by atoms with E-state index in [9.17, 15) is 8.42 Å². The number of nitrogens with one attached hydrogen (secondary N) is 1. The molecule has 1 aliphatic heterocycles. The molecule has 0 aromatic carbocycles. The van der Waals surface area contributed by atoms with Crippen molar-refractivity contribution in [2.75, 3.05) is 28.4 Å². The van der Waals surface area contributed by atoms with E-state index in [1.54, 1.807) is 0 Å². The first-order valence-corrected chi connectivity index (χ1v) is 8.89. The van der Waals surface area contributed by atoms with Gasteiger partial charge in [0.1, 0.15) is 10.6 Å². The number of fused-ring (bicyclic) bond motifs is 1. The summed E-state index contributed by atoms with van der Waals surface area (Å²) in [5, 5.41) is 2.87. The van der Waals surface area contributed by atoms with Gasteiger partial charge in [0.15, 0.2) is 9.84 Å². The summed E-state index contributed by atoms with van der Waals surface area (Å²) < 4.78 is 23.4. The Bertz CT molecular complexity index is 742. The molecule has 108 valence electrons. The Balaban J connectivity index is 2.07. The first kappa shape index (κ1) is 13.5. The first-order chi connectivity index (χ1) is 9.50. The fraction of sp³-hybridized carbons (Fsp3) is 0.455. The molecule has 3 heterocycles. The van der Waals surface area contributed by atoms with E-state index < -0.39 is 9.84 Å². The van der Waals surface area contributed by atoms with Gasteiger partial charge in [-0.3, -0.25) is 5.43 Å². The second-order valence-electron chi connectivity index (χ2n) is 4.81. The van der Waals surface area contributed by atoms with E-state index in [0.29, 0.717) is 12.5 Å². The van der Waals surface area contributed by atoms with Crippen LogP contribution in [0.3, 0.4) is 0 Å². The molecule has 20 heavy (non-hydrogen) atoms. The van der Waals surface area contributed by atoms with Crippen LogP contribution in [0.5, 0.6) is 0 Å². The Hall–Kier alpha value is -1.45. The second-order valence-corrected chi connectivity index (χ2v) is 7.93. The molecule has 2 aromatic heterocycles. The number of rotatable bonds is 2. The number of nitrogen functional groups attached to an aromatic ring is 1. The van der Waals surface area contributed by atoms with Crippen LogP contribution in [0.15, 0.2) is 11.4 Å².